The van der Waals surface area contributed by atoms with Crippen LogP contribution in [0.4, 0.5) is 5.69 Å². The molecule has 0 unspecified atom stereocenters. The van der Waals surface area contributed by atoms with Crippen molar-refractivity contribution in [3.63, 3.8) is 0 Å². The highest BCUT2D eigenvalue weighted by atomic mass is 16.5. The molecular weight excluding hydrogens is 254 g/mol. The number of rotatable bonds is 2. The van der Waals surface area contributed by atoms with Crippen molar-refractivity contribution in [3.8, 4) is 5.75 Å². The average molecular weight is 265 g/mol. The molecule has 1 heterocycles. The van der Waals surface area contributed by atoms with Crippen LogP contribution in [0.3, 0.4) is 0 Å². The van der Waals surface area contributed by atoms with E-state index in [-0.39, 0.29) is 12.5 Å². The van der Waals surface area contributed by atoms with Crippen LogP contribution in [0, 0.1) is 0 Å². The molecule has 3 N–H and O–H groups in total. The fourth-order valence-electron chi connectivity index (χ4n) is 1.17. The second kappa shape index (κ2) is 6.80. The van der Waals surface area contributed by atoms with E-state index in [4.69, 9.17) is 14.9 Å². The molecule has 1 aliphatic rings. The maximum absolute atomic E-state index is 10.8. The van der Waals surface area contributed by atoms with Crippen LogP contribution in [0.5, 0.6) is 5.75 Å². The number of carboxylic acids is 2. The molecule has 1 amide bonds. The fraction of sp³-hybridized carbons (Fsp3) is 0.0833. The molecule has 7 heteroatoms. The van der Waals surface area contributed by atoms with Crippen molar-refractivity contribution in [2.24, 2.45) is 0 Å². The number of benzene rings is 1. The lowest BCUT2D eigenvalue weighted by molar-refractivity contribution is -0.134. The lowest BCUT2D eigenvalue weighted by Gasteiger charge is -2.16. The smallest absolute Gasteiger partial charge is 0.328 e. The number of ether oxygens (including phenoxy) is 1. The molecule has 0 aromatic heterocycles. The molecule has 1 aromatic carbocycles. The Morgan fingerprint density at radius 3 is 2.32 bits per heavy atom. The summed E-state index contributed by atoms with van der Waals surface area (Å²) in [5, 5.41) is 18.3. The van der Waals surface area contributed by atoms with Gasteiger partial charge in [0.2, 0.25) is 0 Å². The van der Waals surface area contributed by atoms with Crippen LogP contribution >= 0.6 is 0 Å². The lowest BCUT2D eigenvalue weighted by Crippen LogP contribution is -2.25. The number of aliphatic carboxylic acids is 2. The minimum Gasteiger partial charge on any atom is -0.482 e. The van der Waals surface area contributed by atoms with E-state index in [1.54, 1.807) is 0 Å². The molecule has 7 nitrogen and oxygen atoms in total. The van der Waals surface area contributed by atoms with Crippen LogP contribution in [-0.4, -0.2) is 34.7 Å². The zero-order valence-corrected chi connectivity index (χ0v) is 9.70. The Morgan fingerprint density at radius 1 is 1.16 bits per heavy atom. The van der Waals surface area contributed by atoms with Gasteiger partial charge in [-0.3, -0.25) is 4.79 Å². The van der Waals surface area contributed by atoms with E-state index in [1.807, 2.05) is 24.3 Å². The second-order valence-electron chi connectivity index (χ2n) is 3.34. The van der Waals surface area contributed by atoms with Crippen LogP contribution < -0.4 is 10.1 Å². The van der Waals surface area contributed by atoms with Crippen LogP contribution in [0.15, 0.2) is 36.4 Å². The third-order valence-electron chi connectivity index (χ3n) is 1.89. The van der Waals surface area contributed by atoms with E-state index in [9.17, 15) is 14.4 Å². The lowest BCUT2D eigenvalue weighted by atomic mass is 10.2. The van der Waals surface area contributed by atoms with Crippen LogP contribution in [0.1, 0.15) is 0 Å². The Labute approximate surface area is 108 Å². The van der Waals surface area contributed by atoms with Gasteiger partial charge in [0.1, 0.15) is 5.75 Å². The third-order valence-corrected chi connectivity index (χ3v) is 1.89. The Hall–Kier alpha value is -2.83. The highest BCUT2D eigenvalue weighted by molar-refractivity contribution is 5.95. The molecular formula is C12H11NO6. The van der Waals surface area contributed by atoms with Gasteiger partial charge in [0.15, 0.2) is 6.61 Å². The van der Waals surface area contributed by atoms with Crippen molar-refractivity contribution >= 4 is 23.5 Å². The van der Waals surface area contributed by atoms with E-state index in [0.717, 1.165) is 11.4 Å². The molecule has 0 saturated carbocycles. The van der Waals surface area contributed by atoms with E-state index >= 15 is 0 Å². The summed E-state index contributed by atoms with van der Waals surface area (Å²) in [7, 11) is 0. The van der Waals surface area contributed by atoms with Crippen LogP contribution in [0.2, 0.25) is 0 Å². The van der Waals surface area contributed by atoms with Gasteiger partial charge in [-0.1, -0.05) is 12.1 Å². The van der Waals surface area contributed by atoms with Crippen molar-refractivity contribution < 1.29 is 29.3 Å². The number of anilines is 1. The summed E-state index contributed by atoms with van der Waals surface area (Å²) in [5.41, 5.74) is 0.753. The topological polar surface area (TPSA) is 113 Å². The quantitative estimate of drug-likeness (QED) is 0.679. The SMILES string of the molecule is O=C(O)C=CC(=O)O.O=C1COc2ccccc2N1. The molecule has 0 atom stereocenters. The van der Waals surface area contributed by atoms with Crippen molar-refractivity contribution in [1.29, 1.82) is 0 Å². The molecule has 0 radical (unpaired) electrons. The summed E-state index contributed by atoms with van der Waals surface area (Å²) in [6.45, 7) is 0.122. The maximum atomic E-state index is 10.8. The van der Waals surface area contributed by atoms with Gasteiger partial charge in [0.05, 0.1) is 5.69 Å². The first-order chi connectivity index (χ1) is 8.99. The first-order valence-corrected chi connectivity index (χ1v) is 5.14. The highest BCUT2D eigenvalue weighted by Crippen LogP contribution is 2.25. The Kier molecular flexibility index (Phi) is 5.09. The van der Waals surface area contributed by atoms with E-state index in [0.29, 0.717) is 12.2 Å². The molecule has 0 fully saturated rings. The number of nitrogens with one attached hydrogen (secondary N) is 1. The summed E-state index contributed by atoms with van der Waals surface area (Å²) in [6, 6.07) is 7.37. The zero-order valence-electron chi connectivity index (χ0n) is 9.70. The predicted octanol–water partition coefficient (Wildman–Crippen LogP) is 0.729. The van der Waals surface area contributed by atoms with Crippen molar-refractivity contribution in [2.75, 3.05) is 11.9 Å². The molecule has 1 aliphatic heterocycles. The molecule has 100 valence electrons. The van der Waals surface area contributed by atoms with Crippen molar-refractivity contribution in [2.45, 2.75) is 0 Å². The number of fused-ring (bicyclic) bond motifs is 1. The molecule has 0 spiro atoms. The molecule has 19 heavy (non-hydrogen) atoms. The summed E-state index contributed by atoms with van der Waals surface area (Å²) >= 11 is 0. The predicted molar refractivity (Wildman–Crippen MR) is 65.0 cm³/mol. The van der Waals surface area contributed by atoms with Gasteiger partial charge >= 0.3 is 11.9 Å². The number of hydrogen-bond acceptors (Lipinski definition) is 4. The summed E-state index contributed by atoms with van der Waals surface area (Å²) in [4.78, 5) is 29.9. The first-order valence-electron chi connectivity index (χ1n) is 5.14. The van der Waals surface area contributed by atoms with E-state index < -0.39 is 11.9 Å². The minimum atomic E-state index is -1.26. The van der Waals surface area contributed by atoms with Gasteiger partial charge in [-0.05, 0) is 12.1 Å². The number of amides is 1. The summed E-state index contributed by atoms with van der Waals surface area (Å²) in [5.74, 6) is -1.87. The van der Waals surface area contributed by atoms with Crippen LogP contribution in [-0.2, 0) is 14.4 Å². The summed E-state index contributed by atoms with van der Waals surface area (Å²) < 4.78 is 5.12. The molecule has 1 aromatic rings. The van der Waals surface area contributed by atoms with E-state index in [1.165, 1.54) is 0 Å². The average Bonchev–Trinajstić information content (AvgIpc) is 2.37. The number of carbonyl (C=O) groups is 3. The normalized spacial score (nSPS) is 12.5. The van der Waals surface area contributed by atoms with Gasteiger partial charge in [-0.15, -0.1) is 0 Å². The van der Waals surface area contributed by atoms with Crippen molar-refractivity contribution in [3.05, 3.63) is 36.4 Å². The summed E-state index contributed by atoms with van der Waals surface area (Å²) in [6.07, 6.45) is 1.12. The third kappa shape index (κ3) is 5.35. The first kappa shape index (κ1) is 14.2. The number of hydrogen-bond donors (Lipinski definition) is 3. The highest BCUT2D eigenvalue weighted by Gasteiger charge is 2.13. The molecule has 0 saturated heterocycles. The largest absolute Gasteiger partial charge is 0.482 e. The van der Waals surface area contributed by atoms with Gasteiger partial charge in [0, 0.05) is 12.2 Å². The number of carboxylic acid groups (broad SMARTS) is 2. The standard InChI is InChI=1S/C8H7NO2.C4H4O4/c10-8-5-11-7-4-2-1-3-6(7)9-8;5-3(6)1-2-4(7)8/h1-4H,5H2,(H,9,10);1-2H,(H,5,6)(H,7,8). The van der Waals surface area contributed by atoms with Gasteiger partial charge in [-0.25, -0.2) is 9.59 Å². The second-order valence-corrected chi connectivity index (χ2v) is 3.34. The van der Waals surface area contributed by atoms with Crippen molar-refractivity contribution in [1.82, 2.24) is 0 Å². The molecule has 2 rings (SSSR count). The Bertz CT molecular complexity index is 507. The monoisotopic (exact) mass is 265 g/mol. The van der Waals surface area contributed by atoms with Gasteiger partial charge in [0.25, 0.3) is 5.91 Å². The number of para-hydroxylation sites is 2. The molecule has 0 bridgehead atoms. The van der Waals surface area contributed by atoms with Gasteiger partial charge < -0.3 is 20.3 Å². The van der Waals surface area contributed by atoms with Crippen LogP contribution in [0.25, 0.3) is 0 Å². The number of carbonyl (C=O) groups excluding carboxylic acids is 1. The fourth-order valence-corrected chi connectivity index (χ4v) is 1.17. The van der Waals surface area contributed by atoms with E-state index in [2.05, 4.69) is 5.32 Å². The molecule has 0 aliphatic carbocycles. The Balaban J connectivity index is 0.000000203. The van der Waals surface area contributed by atoms with Gasteiger partial charge in [-0.2, -0.15) is 0 Å². The maximum Gasteiger partial charge on any atom is 0.328 e. The minimum absolute atomic E-state index is 0.0938. The Morgan fingerprint density at radius 2 is 1.74 bits per heavy atom. The zero-order chi connectivity index (χ0) is 14.3.